The molecule has 1 saturated heterocycles. The van der Waals surface area contributed by atoms with Crippen LogP contribution in [0.4, 0.5) is 10.5 Å². The van der Waals surface area contributed by atoms with Gasteiger partial charge in [-0.3, -0.25) is 4.79 Å². The number of hydrogen-bond donors (Lipinski definition) is 1. The van der Waals surface area contributed by atoms with E-state index in [1.807, 2.05) is 63.2 Å². The number of piperidine rings is 1. The summed E-state index contributed by atoms with van der Waals surface area (Å²) in [7, 11) is 1.66. The quantitative estimate of drug-likeness (QED) is 0.188. The van der Waals surface area contributed by atoms with Gasteiger partial charge in [-0.1, -0.05) is 42.5 Å². The van der Waals surface area contributed by atoms with Crippen molar-refractivity contribution in [2.75, 3.05) is 51.5 Å². The van der Waals surface area contributed by atoms with E-state index in [1.54, 1.807) is 16.9 Å². The molecule has 0 aliphatic carbocycles. The fourth-order valence-electron chi connectivity index (χ4n) is 6.53. The first-order valence-corrected chi connectivity index (χ1v) is 17.7. The number of amides is 2. The van der Waals surface area contributed by atoms with E-state index in [0.29, 0.717) is 46.1 Å². The van der Waals surface area contributed by atoms with Gasteiger partial charge in [-0.15, -0.1) is 0 Å². The summed E-state index contributed by atoms with van der Waals surface area (Å²) >= 11 is 0. The Balaban J connectivity index is 1.20. The van der Waals surface area contributed by atoms with Crippen molar-refractivity contribution in [1.82, 2.24) is 4.90 Å². The van der Waals surface area contributed by atoms with Crippen LogP contribution < -0.4 is 14.4 Å². The smallest absolute Gasteiger partial charge is 0.410 e. The molecule has 3 aromatic carbocycles. The van der Waals surface area contributed by atoms with Crippen LogP contribution in [-0.4, -0.2) is 80.3 Å². The number of benzene rings is 3. The highest BCUT2D eigenvalue weighted by Crippen LogP contribution is 2.34. The number of carbonyl (C=O) groups excluding carboxylic acids is 2. The van der Waals surface area contributed by atoms with Crippen LogP contribution in [0, 0.1) is 0 Å². The highest BCUT2D eigenvalue weighted by Gasteiger charge is 2.35. The number of aliphatic hydroxyl groups is 1. The topological polar surface area (TPSA) is 107 Å². The summed E-state index contributed by atoms with van der Waals surface area (Å²) in [6.07, 6.45) is 2.78. The van der Waals surface area contributed by atoms with Gasteiger partial charge in [0.2, 0.25) is 5.91 Å². The molecule has 270 valence electrons. The lowest BCUT2D eigenvalue weighted by Gasteiger charge is -2.39. The van der Waals surface area contributed by atoms with E-state index < -0.39 is 5.60 Å². The monoisotopic (exact) mass is 688 g/mol. The van der Waals surface area contributed by atoms with Gasteiger partial charge in [0.25, 0.3) is 0 Å². The third kappa shape index (κ3) is 10.2. The molecule has 0 bridgehead atoms. The summed E-state index contributed by atoms with van der Waals surface area (Å²) < 4.78 is 29.5. The van der Waals surface area contributed by atoms with Crippen LogP contribution in [0.15, 0.2) is 66.7 Å². The van der Waals surface area contributed by atoms with Gasteiger partial charge >= 0.3 is 6.09 Å². The normalized spacial score (nSPS) is 17.6. The highest BCUT2D eigenvalue weighted by atomic mass is 16.6. The van der Waals surface area contributed by atoms with Crippen molar-refractivity contribution in [2.45, 2.75) is 83.7 Å². The first-order chi connectivity index (χ1) is 24.1. The molecule has 1 fully saturated rings. The van der Waals surface area contributed by atoms with Crippen molar-refractivity contribution in [3.05, 3.63) is 89.0 Å². The highest BCUT2D eigenvalue weighted by molar-refractivity contribution is 5.94. The molecule has 2 aliphatic heterocycles. The Kier molecular flexibility index (Phi) is 13.1. The molecule has 10 heteroatoms. The molecule has 0 aromatic heterocycles. The summed E-state index contributed by atoms with van der Waals surface area (Å²) in [4.78, 5) is 29.3. The summed E-state index contributed by atoms with van der Waals surface area (Å²) in [6, 6.07) is 22.2. The zero-order chi connectivity index (χ0) is 35.5. The van der Waals surface area contributed by atoms with Crippen molar-refractivity contribution in [3.8, 4) is 11.5 Å². The van der Waals surface area contributed by atoms with Crippen LogP contribution in [0.1, 0.15) is 74.6 Å². The van der Waals surface area contributed by atoms with Crippen LogP contribution in [0.25, 0.3) is 0 Å². The van der Waals surface area contributed by atoms with Gasteiger partial charge in [-0.05, 0) is 81.0 Å². The van der Waals surface area contributed by atoms with E-state index >= 15 is 0 Å². The molecule has 50 heavy (non-hydrogen) atoms. The lowest BCUT2D eigenvalue weighted by atomic mass is 9.87. The number of para-hydroxylation sites is 1. The molecule has 0 radical (unpaired) electrons. The third-order valence-corrected chi connectivity index (χ3v) is 9.03. The summed E-state index contributed by atoms with van der Waals surface area (Å²) in [5, 5.41) is 9.35. The Bertz CT molecular complexity index is 1550. The van der Waals surface area contributed by atoms with Gasteiger partial charge in [0, 0.05) is 36.7 Å². The van der Waals surface area contributed by atoms with Gasteiger partial charge in [0.1, 0.15) is 17.1 Å². The molecular formula is C40H52N2O8. The van der Waals surface area contributed by atoms with Gasteiger partial charge in [-0.2, -0.15) is 0 Å². The second-order valence-corrected chi connectivity index (χ2v) is 13.9. The standard InChI is InChI=1S/C40H52N2O8/c1-40(2,3)50-39(45)41-21-18-34(30-14-16-33(17-15-30)48-24-8-23-47-28-32-9-5-6-11-36(32)46-4)37(26-41)49-27-29-12-13-31-10-7-20-42(35(31)25-29)38(44)19-22-43/h5-6,9,11-17,25,34,37,43H,7-8,10,18-24,26-28H2,1-4H3/t34-,37+/m1/s1. The van der Waals surface area contributed by atoms with E-state index in [4.69, 9.17) is 23.7 Å². The number of likely N-dealkylation sites (tertiary alicyclic amines) is 1. The molecule has 0 unspecified atom stereocenters. The van der Waals surface area contributed by atoms with Crippen molar-refractivity contribution in [3.63, 3.8) is 0 Å². The molecule has 1 N–H and O–H groups in total. The van der Waals surface area contributed by atoms with Crippen molar-refractivity contribution < 1.29 is 38.4 Å². The number of fused-ring (bicyclic) bond motifs is 1. The number of nitrogens with zero attached hydrogens (tertiary/aromatic N) is 2. The van der Waals surface area contributed by atoms with Crippen molar-refractivity contribution in [1.29, 1.82) is 0 Å². The molecule has 2 aliphatic rings. The minimum atomic E-state index is -0.593. The average Bonchev–Trinajstić information content (AvgIpc) is 3.11. The zero-order valence-electron chi connectivity index (χ0n) is 29.9. The third-order valence-electron chi connectivity index (χ3n) is 9.03. The minimum Gasteiger partial charge on any atom is -0.496 e. The number of methoxy groups -OCH3 is 1. The number of aliphatic hydroxyl groups excluding tert-OH is 1. The maximum atomic E-state index is 13.1. The minimum absolute atomic E-state index is 0.0615. The number of aryl methyl sites for hydroxylation is 1. The number of hydrogen-bond acceptors (Lipinski definition) is 8. The van der Waals surface area contributed by atoms with E-state index in [1.165, 1.54) is 0 Å². The van der Waals surface area contributed by atoms with Crippen LogP contribution in [0.2, 0.25) is 0 Å². The van der Waals surface area contributed by atoms with Crippen molar-refractivity contribution in [2.24, 2.45) is 0 Å². The maximum Gasteiger partial charge on any atom is 0.410 e. The Morgan fingerprint density at radius 2 is 1.76 bits per heavy atom. The average molecular weight is 689 g/mol. The first kappa shape index (κ1) is 37.1. The van der Waals surface area contributed by atoms with Crippen LogP contribution in [-0.2, 0) is 38.6 Å². The summed E-state index contributed by atoms with van der Waals surface area (Å²) in [5.74, 6) is 1.60. The van der Waals surface area contributed by atoms with Crippen LogP contribution >= 0.6 is 0 Å². The summed E-state index contributed by atoms with van der Waals surface area (Å²) in [5.41, 5.74) is 4.52. The molecular weight excluding hydrogens is 636 g/mol. The predicted molar refractivity (Wildman–Crippen MR) is 192 cm³/mol. The lowest BCUT2D eigenvalue weighted by molar-refractivity contribution is -0.119. The van der Waals surface area contributed by atoms with Crippen LogP contribution in [0.3, 0.4) is 0 Å². The maximum absolute atomic E-state index is 13.1. The van der Waals surface area contributed by atoms with Gasteiger partial charge < -0.3 is 38.6 Å². The molecule has 0 spiro atoms. The Labute approximate surface area is 296 Å². The van der Waals surface area contributed by atoms with Gasteiger partial charge in [0.15, 0.2) is 0 Å². The summed E-state index contributed by atoms with van der Waals surface area (Å²) in [6.45, 7) is 8.98. The second kappa shape index (κ2) is 17.7. The molecule has 2 amide bonds. The fourth-order valence-corrected chi connectivity index (χ4v) is 6.53. The molecule has 5 rings (SSSR count). The number of anilines is 1. The van der Waals surface area contributed by atoms with E-state index in [0.717, 1.165) is 65.1 Å². The number of ether oxygens (including phenoxy) is 5. The zero-order valence-corrected chi connectivity index (χ0v) is 29.9. The van der Waals surface area contributed by atoms with E-state index in [2.05, 4.69) is 24.3 Å². The fraction of sp³-hybridized carbons (Fsp3) is 0.500. The second-order valence-electron chi connectivity index (χ2n) is 13.9. The van der Waals surface area contributed by atoms with E-state index in [9.17, 15) is 14.7 Å². The molecule has 0 saturated carbocycles. The van der Waals surface area contributed by atoms with Gasteiger partial charge in [-0.25, -0.2) is 4.79 Å². The molecule has 2 atom stereocenters. The molecule has 10 nitrogen and oxygen atoms in total. The van der Waals surface area contributed by atoms with E-state index in [-0.39, 0.29) is 37.0 Å². The Morgan fingerprint density at radius 3 is 2.52 bits per heavy atom. The van der Waals surface area contributed by atoms with Crippen LogP contribution in [0.5, 0.6) is 11.5 Å². The van der Waals surface area contributed by atoms with Gasteiger partial charge in [0.05, 0.1) is 59.2 Å². The molecule has 3 aromatic rings. The van der Waals surface area contributed by atoms with Crippen molar-refractivity contribution >= 4 is 17.7 Å². The molecule has 2 heterocycles. The predicted octanol–water partition coefficient (Wildman–Crippen LogP) is 6.65. The Morgan fingerprint density at radius 1 is 0.960 bits per heavy atom. The number of rotatable bonds is 14. The SMILES string of the molecule is COc1ccccc1COCCCOc1ccc([C@H]2CCN(C(=O)OC(C)(C)C)C[C@@H]2OCc2ccc3c(c2)N(C(=O)CCO)CCC3)cc1. The lowest BCUT2D eigenvalue weighted by Crippen LogP contribution is -2.48. The first-order valence-electron chi connectivity index (χ1n) is 17.7. The number of carbonyl (C=O) groups is 2. The largest absolute Gasteiger partial charge is 0.496 e. The Hall–Kier alpha value is -4.12.